The first-order valence-corrected chi connectivity index (χ1v) is 7.71. The molecule has 1 aromatic rings. The summed E-state index contributed by atoms with van der Waals surface area (Å²) < 4.78 is 0. The monoisotopic (exact) mass is 273 g/mol. The molecule has 0 N–H and O–H groups in total. The molecule has 0 fully saturated rings. The lowest BCUT2D eigenvalue weighted by atomic mass is 9.77. The smallest absolute Gasteiger partial charge is 0.150 e. The molecule has 2 atom stereocenters. The number of fused-ring (bicyclic) bond motifs is 1. The normalized spacial score (nSPS) is 22.3. The van der Waals surface area contributed by atoms with E-state index in [1.165, 1.54) is 16.8 Å². The number of nitrogens with zero attached hydrogens (tertiary/aromatic N) is 1. The zero-order valence-electron chi connectivity index (χ0n) is 13.7. The molecule has 0 amide bonds. The molecule has 20 heavy (non-hydrogen) atoms. The molecule has 0 aliphatic carbocycles. The lowest BCUT2D eigenvalue weighted by Gasteiger charge is -2.51. The van der Waals surface area contributed by atoms with Crippen LogP contribution in [-0.4, -0.2) is 17.9 Å². The summed E-state index contributed by atoms with van der Waals surface area (Å²) in [6.45, 7) is 13.6. The third kappa shape index (κ3) is 2.36. The molecule has 0 radical (unpaired) electrons. The molecule has 0 aromatic heterocycles. The van der Waals surface area contributed by atoms with Crippen LogP contribution in [0.5, 0.6) is 0 Å². The zero-order valence-corrected chi connectivity index (χ0v) is 13.7. The van der Waals surface area contributed by atoms with E-state index in [1.54, 1.807) is 0 Å². The Kier molecular flexibility index (Phi) is 3.95. The second kappa shape index (κ2) is 5.23. The number of carbonyl (C=O) groups excluding carboxylic acids is 1. The van der Waals surface area contributed by atoms with Crippen LogP contribution in [-0.2, 0) is 0 Å². The summed E-state index contributed by atoms with van der Waals surface area (Å²) in [6, 6.07) is 4.62. The van der Waals surface area contributed by atoms with E-state index in [2.05, 4.69) is 52.5 Å². The first-order valence-electron chi connectivity index (χ1n) is 7.71. The first-order chi connectivity index (χ1) is 9.31. The molecule has 0 unspecified atom stereocenters. The van der Waals surface area contributed by atoms with Crippen molar-refractivity contribution in [3.63, 3.8) is 0 Å². The Morgan fingerprint density at radius 1 is 1.45 bits per heavy atom. The Hall–Kier alpha value is -1.31. The second-order valence-corrected chi connectivity index (χ2v) is 6.94. The van der Waals surface area contributed by atoms with Crippen molar-refractivity contribution in [3.05, 3.63) is 28.8 Å². The molecule has 2 heteroatoms. The average molecular weight is 273 g/mol. The van der Waals surface area contributed by atoms with Gasteiger partial charge < -0.3 is 4.90 Å². The number of rotatable bonds is 3. The molecule has 110 valence electrons. The Morgan fingerprint density at radius 2 is 2.10 bits per heavy atom. The minimum absolute atomic E-state index is 0.162. The van der Waals surface area contributed by atoms with Gasteiger partial charge in [0, 0.05) is 22.8 Å². The minimum atomic E-state index is 0.162. The predicted octanol–water partition coefficient (Wildman–Crippen LogP) is 4.70. The van der Waals surface area contributed by atoms with Crippen LogP contribution >= 0.6 is 0 Å². The summed E-state index contributed by atoms with van der Waals surface area (Å²) in [5.41, 5.74) is 4.89. The van der Waals surface area contributed by atoms with Crippen LogP contribution in [0, 0.1) is 6.92 Å². The molecule has 1 aliphatic rings. The van der Waals surface area contributed by atoms with Crippen LogP contribution < -0.4 is 4.90 Å². The summed E-state index contributed by atoms with van der Waals surface area (Å²) in [4.78, 5) is 13.7. The van der Waals surface area contributed by atoms with Gasteiger partial charge in [0.1, 0.15) is 6.29 Å². The highest BCUT2D eigenvalue weighted by Gasteiger charge is 2.39. The number of benzene rings is 1. The van der Waals surface area contributed by atoms with Crippen LogP contribution in [0.15, 0.2) is 12.1 Å². The fraction of sp³-hybridized carbons (Fsp3) is 0.611. The Balaban J connectivity index is 2.67. The number of hydrogen-bond donors (Lipinski definition) is 0. The van der Waals surface area contributed by atoms with Gasteiger partial charge in [0.2, 0.25) is 0 Å². The summed E-state index contributed by atoms with van der Waals surface area (Å²) >= 11 is 0. The van der Waals surface area contributed by atoms with Gasteiger partial charge >= 0.3 is 0 Å². The predicted molar refractivity (Wildman–Crippen MR) is 85.9 cm³/mol. The molecule has 2 rings (SSSR count). The molecular formula is C18H27NO. The topological polar surface area (TPSA) is 20.3 Å². The highest BCUT2D eigenvalue weighted by molar-refractivity contribution is 5.79. The van der Waals surface area contributed by atoms with E-state index in [4.69, 9.17) is 0 Å². The Labute approximate surface area is 123 Å². The molecule has 1 aromatic carbocycles. The Bertz CT molecular complexity index is 518. The molecule has 1 aliphatic heterocycles. The number of hydrogen-bond acceptors (Lipinski definition) is 2. The first kappa shape index (κ1) is 15.1. The highest BCUT2D eigenvalue weighted by atomic mass is 16.1. The largest absolute Gasteiger partial charge is 0.363 e. The third-order valence-electron chi connectivity index (χ3n) is 4.75. The summed E-state index contributed by atoms with van der Waals surface area (Å²) in [7, 11) is 0. The standard InChI is InChI=1S/C18H27NO/c1-7-14(4)19-17-12(2)8-15(11-20)9-16(17)13(3)10-18(19,5)6/h8-9,11,13-14H,7,10H2,1-6H3/t13-,14+/m1/s1. The minimum Gasteiger partial charge on any atom is -0.363 e. The average Bonchev–Trinajstić information content (AvgIpc) is 2.38. The van der Waals surface area contributed by atoms with Gasteiger partial charge in [-0.1, -0.05) is 13.8 Å². The van der Waals surface area contributed by atoms with Gasteiger partial charge in [-0.25, -0.2) is 0 Å². The maximum atomic E-state index is 11.1. The molecule has 0 saturated heterocycles. The van der Waals surface area contributed by atoms with Crippen molar-refractivity contribution in [2.45, 2.75) is 71.9 Å². The molecule has 0 bridgehead atoms. The van der Waals surface area contributed by atoms with Crippen LogP contribution in [0.1, 0.15) is 74.9 Å². The number of aldehydes is 1. The second-order valence-electron chi connectivity index (χ2n) is 6.94. The van der Waals surface area contributed by atoms with Crippen molar-refractivity contribution < 1.29 is 4.79 Å². The van der Waals surface area contributed by atoms with Crippen molar-refractivity contribution in [1.82, 2.24) is 0 Å². The molecular weight excluding hydrogens is 246 g/mol. The number of aryl methyl sites for hydroxylation is 1. The van der Waals surface area contributed by atoms with Gasteiger partial charge in [-0.3, -0.25) is 4.79 Å². The van der Waals surface area contributed by atoms with Gasteiger partial charge in [-0.15, -0.1) is 0 Å². The van der Waals surface area contributed by atoms with E-state index in [0.29, 0.717) is 12.0 Å². The fourth-order valence-electron chi connectivity index (χ4n) is 3.87. The van der Waals surface area contributed by atoms with Gasteiger partial charge in [0.15, 0.2) is 0 Å². The molecule has 0 saturated carbocycles. The van der Waals surface area contributed by atoms with Crippen molar-refractivity contribution >= 4 is 12.0 Å². The van der Waals surface area contributed by atoms with Gasteiger partial charge in [-0.05, 0) is 69.7 Å². The zero-order chi connectivity index (χ0) is 15.1. The number of carbonyl (C=O) groups is 1. The van der Waals surface area contributed by atoms with Crippen molar-refractivity contribution in [3.8, 4) is 0 Å². The highest BCUT2D eigenvalue weighted by Crippen LogP contribution is 2.46. The van der Waals surface area contributed by atoms with E-state index in [1.807, 2.05) is 6.07 Å². The maximum Gasteiger partial charge on any atom is 0.150 e. The summed E-state index contributed by atoms with van der Waals surface area (Å²) in [5, 5.41) is 0. The van der Waals surface area contributed by atoms with E-state index in [-0.39, 0.29) is 5.54 Å². The number of anilines is 1. The van der Waals surface area contributed by atoms with Crippen molar-refractivity contribution in [1.29, 1.82) is 0 Å². The summed E-state index contributed by atoms with van der Waals surface area (Å²) in [5.74, 6) is 0.499. The van der Waals surface area contributed by atoms with E-state index < -0.39 is 0 Å². The molecule has 1 heterocycles. The quantitative estimate of drug-likeness (QED) is 0.744. The molecule has 2 nitrogen and oxygen atoms in total. The van der Waals surface area contributed by atoms with Gasteiger partial charge in [-0.2, -0.15) is 0 Å². The van der Waals surface area contributed by atoms with E-state index in [0.717, 1.165) is 24.7 Å². The van der Waals surface area contributed by atoms with Crippen molar-refractivity contribution in [2.75, 3.05) is 4.90 Å². The lowest BCUT2D eigenvalue weighted by Crippen LogP contribution is -2.53. The van der Waals surface area contributed by atoms with Crippen LogP contribution in [0.4, 0.5) is 5.69 Å². The fourth-order valence-corrected chi connectivity index (χ4v) is 3.87. The van der Waals surface area contributed by atoms with Gasteiger partial charge in [0.05, 0.1) is 0 Å². The van der Waals surface area contributed by atoms with Crippen molar-refractivity contribution in [2.24, 2.45) is 0 Å². The summed E-state index contributed by atoms with van der Waals surface area (Å²) in [6.07, 6.45) is 3.23. The van der Waals surface area contributed by atoms with E-state index in [9.17, 15) is 4.79 Å². The van der Waals surface area contributed by atoms with Crippen LogP contribution in [0.2, 0.25) is 0 Å². The Morgan fingerprint density at radius 3 is 2.65 bits per heavy atom. The third-order valence-corrected chi connectivity index (χ3v) is 4.75. The van der Waals surface area contributed by atoms with E-state index >= 15 is 0 Å². The van der Waals surface area contributed by atoms with Gasteiger partial charge in [0.25, 0.3) is 0 Å². The lowest BCUT2D eigenvalue weighted by molar-refractivity contribution is 0.112. The van der Waals surface area contributed by atoms with Crippen LogP contribution in [0.25, 0.3) is 0 Å². The molecule has 0 spiro atoms. The SMILES string of the molecule is CC[C@H](C)N1c2c(C)cc(C=O)cc2[C@H](C)CC1(C)C. The van der Waals surface area contributed by atoms with Crippen LogP contribution in [0.3, 0.4) is 0 Å². The maximum absolute atomic E-state index is 11.1.